The van der Waals surface area contributed by atoms with Crippen LogP contribution in [0.2, 0.25) is 0 Å². The second-order valence-electron chi connectivity index (χ2n) is 7.29. The minimum absolute atomic E-state index is 0.0601. The van der Waals surface area contributed by atoms with E-state index in [-0.39, 0.29) is 12.0 Å². The van der Waals surface area contributed by atoms with Gasteiger partial charge in [0, 0.05) is 37.8 Å². The van der Waals surface area contributed by atoms with Crippen molar-refractivity contribution in [1.29, 1.82) is 0 Å². The van der Waals surface area contributed by atoms with E-state index >= 15 is 0 Å². The average Bonchev–Trinajstić information content (AvgIpc) is 2.75. The molecule has 0 spiro atoms. The molecule has 0 saturated carbocycles. The number of carbonyl (C=O) groups excluding carboxylic acids is 1. The lowest BCUT2D eigenvalue weighted by atomic mass is 10.1. The summed E-state index contributed by atoms with van der Waals surface area (Å²) >= 11 is 0. The van der Waals surface area contributed by atoms with E-state index in [1.807, 2.05) is 31.2 Å². The minimum atomic E-state index is -0.0601. The third-order valence-electron chi connectivity index (χ3n) is 4.78. The van der Waals surface area contributed by atoms with Gasteiger partial charge in [-0.2, -0.15) is 0 Å². The lowest BCUT2D eigenvalue weighted by Gasteiger charge is -2.18. The number of hydrogen-bond acceptors (Lipinski definition) is 3. The van der Waals surface area contributed by atoms with Crippen LogP contribution >= 0.6 is 0 Å². The predicted molar refractivity (Wildman–Crippen MR) is 123 cm³/mol. The van der Waals surface area contributed by atoms with Gasteiger partial charge in [0.15, 0.2) is 5.96 Å². The highest BCUT2D eigenvalue weighted by atomic mass is 16.5. The Kier molecular flexibility index (Phi) is 9.19. The Morgan fingerprint density at radius 2 is 1.83 bits per heavy atom. The van der Waals surface area contributed by atoms with Gasteiger partial charge in [0.1, 0.15) is 5.75 Å². The van der Waals surface area contributed by atoms with Gasteiger partial charge in [-0.1, -0.05) is 31.2 Å². The first-order valence-corrected chi connectivity index (χ1v) is 10.5. The van der Waals surface area contributed by atoms with Crippen LogP contribution < -0.4 is 20.7 Å². The van der Waals surface area contributed by atoms with Crippen molar-refractivity contribution < 1.29 is 9.53 Å². The van der Waals surface area contributed by atoms with E-state index in [1.54, 1.807) is 7.05 Å². The third kappa shape index (κ3) is 7.10. The summed E-state index contributed by atoms with van der Waals surface area (Å²) in [4.78, 5) is 16.3. The molecule has 6 heteroatoms. The molecule has 162 valence electrons. The molecule has 2 aromatic rings. The maximum atomic E-state index is 12.0. The number of rotatable bonds is 9. The molecular formula is C24H34N4O2. The van der Waals surface area contributed by atoms with Crippen molar-refractivity contribution in [3.8, 4) is 5.75 Å². The maximum Gasteiger partial charge on any atom is 0.251 e. The highest BCUT2D eigenvalue weighted by Crippen LogP contribution is 2.22. The van der Waals surface area contributed by atoms with Crippen molar-refractivity contribution in [2.45, 2.75) is 53.3 Å². The Labute approximate surface area is 180 Å². The highest BCUT2D eigenvalue weighted by Gasteiger charge is 2.09. The van der Waals surface area contributed by atoms with Crippen molar-refractivity contribution in [2.75, 3.05) is 13.6 Å². The van der Waals surface area contributed by atoms with E-state index in [4.69, 9.17) is 4.74 Å². The highest BCUT2D eigenvalue weighted by molar-refractivity contribution is 5.94. The minimum Gasteiger partial charge on any atom is -0.490 e. The summed E-state index contributed by atoms with van der Waals surface area (Å²) in [7, 11) is 1.74. The standard InChI is InChI=1S/C24H34N4O2/c1-6-18(4)30-22-13-17(3)11-12-21(22)16-28-24(25-5)27-15-19-9-8-10-20(14-19)23(29)26-7-2/h8-14,18H,6-7,15-16H2,1-5H3,(H,26,29)(H2,25,27,28). The molecule has 3 N–H and O–H groups in total. The van der Waals surface area contributed by atoms with Crippen molar-refractivity contribution in [3.05, 3.63) is 64.7 Å². The molecule has 0 aliphatic rings. The Morgan fingerprint density at radius 3 is 2.53 bits per heavy atom. The second-order valence-corrected chi connectivity index (χ2v) is 7.29. The number of hydrogen-bond donors (Lipinski definition) is 3. The monoisotopic (exact) mass is 410 g/mol. The van der Waals surface area contributed by atoms with Crippen LogP contribution in [-0.2, 0) is 13.1 Å². The Hall–Kier alpha value is -3.02. The van der Waals surface area contributed by atoms with E-state index < -0.39 is 0 Å². The number of guanidine groups is 1. The number of ether oxygens (including phenoxy) is 1. The molecule has 1 unspecified atom stereocenters. The lowest BCUT2D eigenvalue weighted by Crippen LogP contribution is -2.36. The van der Waals surface area contributed by atoms with Crippen LogP contribution in [0.4, 0.5) is 0 Å². The number of nitrogens with zero attached hydrogens (tertiary/aromatic N) is 1. The van der Waals surface area contributed by atoms with Gasteiger partial charge in [-0.25, -0.2) is 0 Å². The van der Waals surface area contributed by atoms with Gasteiger partial charge in [-0.15, -0.1) is 0 Å². The summed E-state index contributed by atoms with van der Waals surface area (Å²) in [6, 6.07) is 13.8. The van der Waals surface area contributed by atoms with Crippen LogP contribution in [-0.4, -0.2) is 31.6 Å². The third-order valence-corrected chi connectivity index (χ3v) is 4.78. The van der Waals surface area contributed by atoms with Crippen LogP contribution in [0.3, 0.4) is 0 Å². The maximum absolute atomic E-state index is 12.0. The number of aryl methyl sites for hydroxylation is 1. The van der Waals surface area contributed by atoms with Crippen molar-refractivity contribution in [2.24, 2.45) is 4.99 Å². The molecule has 2 rings (SSSR count). The molecule has 0 radical (unpaired) electrons. The second kappa shape index (κ2) is 11.9. The van der Waals surface area contributed by atoms with Crippen LogP contribution in [0.5, 0.6) is 5.75 Å². The van der Waals surface area contributed by atoms with E-state index in [0.29, 0.717) is 31.2 Å². The summed E-state index contributed by atoms with van der Waals surface area (Å²) in [5, 5.41) is 9.47. The fourth-order valence-electron chi connectivity index (χ4n) is 2.89. The summed E-state index contributed by atoms with van der Waals surface area (Å²) in [6.07, 6.45) is 1.12. The first-order valence-electron chi connectivity index (χ1n) is 10.5. The zero-order valence-corrected chi connectivity index (χ0v) is 18.7. The average molecular weight is 411 g/mol. The van der Waals surface area contributed by atoms with Gasteiger partial charge < -0.3 is 20.7 Å². The van der Waals surface area contributed by atoms with Crippen molar-refractivity contribution in [1.82, 2.24) is 16.0 Å². The Morgan fingerprint density at radius 1 is 1.07 bits per heavy atom. The molecule has 0 heterocycles. The molecule has 1 amide bonds. The number of amides is 1. The van der Waals surface area contributed by atoms with Crippen LogP contribution in [0.25, 0.3) is 0 Å². The topological polar surface area (TPSA) is 74.8 Å². The van der Waals surface area contributed by atoms with E-state index in [1.165, 1.54) is 5.56 Å². The van der Waals surface area contributed by atoms with E-state index in [0.717, 1.165) is 23.3 Å². The fraction of sp³-hybridized carbons (Fsp3) is 0.417. The Bertz CT molecular complexity index is 864. The molecule has 6 nitrogen and oxygen atoms in total. The summed E-state index contributed by atoms with van der Waals surface area (Å²) in [6.45, 7) is 9.95. The number of aliphatic imine (C=N–C) groups is 1. The van der Waals surface area contributed by atoms with Crippen LogP contribution in [0.1, 0.15) is 54.2 Å². The zero-order valence-electron chi connectivity index (χ0n) is 18.7. The first-order chi connectivity index (χ1) is 14.5. The van der Waals surface area contributed by atoms with Gasteiger partial charge in [0.25, 0.3) is 5.91 Å². The van der Waals surface area contributed by atoms with Crippen LogP contribution in [0.15, 0.2) is 47.5 Å². The molecule has 1 atom stereocenters. The normalized spacial score (nSPS) is 12.2. The summed E-state index contributed by atoms with van der Waals surface area (Å²) in [5.41, 5.74) is 3.93. The summed E-state index contributed by atoms with van der Waals surface area (Å²) < 4.78 is 6.09. The lowest BCUT2D eigenvalue weighted by molar-refractivity contribution is 0.0955. The largest absolute Gasteiger partial charge is 0.490 e. The number of carbonyl (C=O) groups is 1. The molecule has 0 bridgehead atoms. The zero-order chi connectivity index (χ0) is 21.9. The van der Waals surface area contributed by atoms with Crippen molar-refractivity contribution >= 4 is 11.9 Å². The molecule has 0 fully saturated rings. The molecular weight excluding hydrogens is 376 g/mol. The van der Waals surface area contributed by atoms with E-state index in [2.05, 4.69) is 59.9 Å². The predicted octanol–water partition coefficient (Wildman–Crippen LogP) is 3.79. The molecule has 0 aliphatic carbocycles. The number of benzene rings is 2. The quantitative estimate of drug-likeness (QED) is 0.434. The molecule has 30 heavy (non-hydrogen) atoms. The molecule has 0 saturated heterocycles. The summed E-state index contributed by atoms with van der Waals surface area (Å²) in [5.74, 6) is 1.53. The SMILES string of the molecule is CCNC(=O)c1cccc(CNC(=NC)NCc2ccc(C)cc2OC(C)CC)c1. The molecule has 0 aliphatic heterocycles. The number of nitrogens with one attached hydrogen (secondary N) is 3. The van der Waals surface area contributed by atoms with E-state index in [9.17, 15) is 4.79 Å². The Balaban J connectivity index is 1.98. The van der Waals surface area contributed by atoms with Crippen molar-refractivity contribution in [3.63, 3.8) is 0 Å². The van der Waals surface area contributed by atoms with Gasteiger partial charge in [-0.05, 0) is 56.5 Å². The fourth-order valence-corrected chi connectivity index (χ4v) is 2.89. The smallest absolute Gasteiger partial charge is 0.251 e. The van der Waals surface area contributed by atoms with Gasteiger partial charge in [0.2, 0.25) is 0 Å². The van der Waals surface area contributed by atoms with Gasteiger partial charge in [0.05, 0.1) is 6.10 Å². The molecule has 2 aromatic carbocycles. The van der Waals surface area contributed by atoms with Gasteiger partial charge in [-0.3, -0.25) is 9.79 Å². The van der Waals surface area contributed by atoms with Gasteiger partial charge >= 0.3 is 0 Å². The molecule has 0 aromatic heterocycles. The van der Waals surface area contributed by atoms with Crippen LogP contribution in [0, 0.1) is 6.92 Å². The first kappa shape index (κ1) is 23.3.